The number of halogens is 1. The van der Waals surface area contributed by atoms with Crippen molar-refractivity contribution in [2.24, 2.45) is 10.9 Å². The predicted octanol–water partition coefficient (Wildman–Crippen LogP) is 4.02. The number of rotatable bonds is 5. The molecule has 7 nitrogen and oxygen atoms in total. The Morgan fingerprint density at radius 3 is 2.74 bits per heavy atom. The van der Waals surface area contributed by atoms with Gasteiger partial charge in [-0.15, -0.1) is 0 Å². The monoisotopic (exact) mass is 466 g/mol. The Balaban J connectivity index is 1.45. The fourth-order valence-corrected chi connectivity index (χ4v) is 5.22. The van der Waals surface area contributed by atoms with E-state index < -0.39 is 29.6 Å². The molecule has 0 radical (unpaired) electrons. The fraction of sp³-hybridized carbons (Fsp3) is 0.538. The maximum atomic E-state index is 14.9. The molecule has 2 bridgehead atoms. The molecule has 34 heavy (non-hydrogen) atoms. The molecule has 1 saturated carbocycles. The Bertz CT molecular complexity index is 1100. The SMILES string of the molecule is CC1=NCC=C1c1ccc(CC(C#N)NC(=O)[C@@H]2[C@H]3CC[C@H](C3)N2C(=O)OC(C)(C)C)c(F)c1. The summed E-state index contributed by atoms with van der Waals surface area (Å²) in [7, 11) is 0. The number of fused-ring (bicyclic) bond motifs is 2. The van der Waals surface area contributed by atoms with Gasteiger partial charge in [0.1, 0.15) is 23.5 Å². The first-order valence-corrected chi connectivity index (χ1v) is 11.8. The molecule has 2 amide bonds. The van der Waals surface area contributed by atoms with Crippen molar-refractivity contribution >= 4 is 23.3 Å². The highest BCUT2D eigenvalue weighted by Crippen LogP contribution is 2.43. The van der Waals surface area contributed by atoms with E-state index in [0.717, 1.165) is 36.1 Å². The van der Waals surface area contributed by atoms with Gasteiger partial charge in [0.2, 0.25) is 5.91 Å². The lowest BCUT2D eigenvalue weighted by molar-refractivity contribution is -0.128. The van der Waals surface area contributed by atoms with Crippen LogP contribution in [0.1, 0.15) is 58.1 Å². The third-order valence-corrected chi connectivity index (χ3v) is 6.73. The molecule has 2 fully saturated rings. The Morgan fingerprint density at radius 2 is 2.12 bits per heavy atom. The highest BCUT2D eigenvalue weighted by Gasteiger charge is 2.52. The van der Waals surface area contributed by atoms with Crippen LogP contribution in [0.4, 0.5) is 9.18 Å². The first-order chi connectivity index (χ1) is 16.1. The second kappa shape index (κ2) is 9.21. The van der Waals surface area contributed by atoms with E-state index in [2.05, 4.69) is 16.4 Å². The summed E-state index contributed by atoms with van der Waals surface area (Å²) in [6.45, 7) is 7.85. The molecule has 180 valence electrons. The lowest BCUT2D eigenvalue weighted by Crippen LogP contribution is -2.55. The number of nitrogens with zero attached hydrogens (tertiary/aromatic N) is 3. The van der Waals surface area contributed by atoms with Gasteiger partial charge < -0.3 is 10.1 Å². The van der Waals surface area contributed by atoms with E-state index in [-0.39, 0.29) is 24.3 Å². The molecule has 4 rings (SSSR count). The summed E-state index contributed by atoms with van der Waals surface area (Å²) in [5, 5.41) is 12.4. The summed E-state index contributed by atoms with van der Waals surface area (Å²) in [5.41, 5.74) is 2.20. The number of amides is 2. The van der Waals surface area contributed by atoms with Gasteiger partial charge in [-0.05, 0) is 70.1 Å². The summed E-state index contributed by atoms with van der Waals surface area (Å²) in [6.07, 6.45) is 3.93. The van der Waals surface area contributed by atoms with Gasteiger partial charge in [-0.2, -0.15) is 5.26 Å². The Hall–Kier alpha value is -3.21. The number of aliphatic imine (C=N–C) groups is 1. The van der Waals surface area contributed by atoms with Crippen molar-refractivity contribution in [2.45, 2.75) is 77.1 Å². The molecule has 1 aromatic carbocycles. The zero-order chi connectivity index (χ0) is 24.6. The largest absolute Gasteiger partial charge is 0.444 e. The van der Waals surface area contributed by atoms with Crippen LogP contribution >= 0.6 is 0 Å². The van der Waals surface area contributed by atoms with Crippen molar-refractivity contribution in [1.82, 2.24) is 10.2 Å². The van der Waals surface area contributed by atoms with Gasteiger partial charge in [-0.25, -0.2) is 9.18 Å². The van der Waals surface area contributed by atoms with Crippen LogP contribution in [0.5, 0.6) is 0 Å². The number of benzene rings is 1. The fourth-order valence-electron chi connectivity index (χ4n) is 5.22. The quantitative estimate of drug-likeness (QED) is 0.709. The highest BCUT2D eigenvalue weighted by molar-refractivity contribution is 6.24. The van der Waals surface area contributed by atoms with E-state index in [1.165, 1.54) is 11.0 Å². The van der Waals surface area contributed by atoms with E-state index in [1.807, 2.05) is 19.1 Å². The van der Waals surface area contributed by atoms with Crippen molar-refractivity contribution in [3.8, 4) is 6.07 Å². The van der Waals surface area contributed by atoms with Crippen molar-refractivity contribution in [1.29, 1.82) is 5.26 Å². The molecule has 0 spiro atoms. The summed E-state index contributed by atoms with van der Waals surface area (Å²) < 4.78 is 20.4. The number of hydrogen-bond donors (Lipinski definition) is 1. The average Bonchev–Trinajstić information content (AvgIpc) is 3.49. The first kappa shape index (κ1) is 23.9. The number of nitriles is 1. The molecular weight excluding hydrogens is 435 g/mol. The van der Waals surface area contributed by atoms with Gasteiger partial charge in [0.15, 0.2) is 0 Å². The maximum Gasteiger partial charge on any atom is 0.411 e. The van der Waals surface area contributed by atoms with E-state index in [9.17, 15) is 19.2 Å². The summed E-state index contributed by atoms with van der Waals surface area (Å²) in [4.78, 5) is 31.9. The molecule has 1 aliphatic carbocycles. The van der Waals surface area contributed by atoms with Gasteiger partial charge in [0, 0.05) is 23.7 Å². The van der Waals surface area contributed by atoms with E-state index in [1.54, 1.807) is 26.8 Å². The molecule has 3 aliphatic rings. The van der Waals surface area contributed by atoms with Crippen LogP contribution in [0, 0.1) is 23.1 Å². The van der Waals surface area contributed by atoms with Crippen LogP contribution in [0.2, 0.25) is 0 Å². The minimum atomic E-state index is -0.915. The molecule has 1 aromatic rings. The van der Waals surface area contributed by atoms with Crippen molar-refractivity contribution in [2.75, 3.05) is 6.54 Å². The van der Waals surface area contributed by atoms with Crippen molar-refractivity contribution in [3.63, 3.8) is 0 Å². The number of hydrogen-bond acceptors (Lipinski definition) is 5. The molecule has 1 saturated heterocycles. The number of piperidine rings is 1. The highest BCUT2D eigenvalue weighted by atomic mass is 19.1. The third kappa shape index (κ3) is 4.84. The first-order valence-electron chi connectivity index (χ1n) is 11.8. The van der Waals surface area contributed by atoms with Crippen LogP contribution < -0.4 is 5.32 Å². The molecule has 8 heteroatoms. The minimum absolute atomic E-state index is 0.0296. The average molecular weight is 467 g/mol. The Labute approximate surface area is 199 Å². The third-order valence-electron chi connectivity index (χ3n) is 6.73. The standard InChI is InChI=1S/C26H31FN4O3/c1-15-21(9-10-29-15)16-5-6-17(22(27)13-16)11-19(14-28)30-24(32)23-18-7-8-20(12-18)31(23)25(33)34-26(2,3)4/h5-6,9,13,18-20,23H,7-8,10-12H2,1-4H3,(H,30,32)/t18-,19?,20+,23-/m0/s1. The normalized spacial score (nSPS) is 24.4. The number of nitrogens with one attached hydrogen (secondary N) is 1. The van der Waals surface area contributed by atoms with Crippen LogP contribution in [0.3, 0.4) is 0 Å². The van der Waals surface area contributed by atoms with Crippen LogP contribution in [0.15, 0.2) is 29.3 Å². The zero-order valence-electron chi connectivity index (χ0n) is 20.1. The smallest absolute Gasteiger partial charge is 0.411 e. The topological polar surface area (TPSA) is 94.8 Å². The number of allylic oxidation sites excluding steroid dienone is 1. The number of ether oxygens (including phenoxy) is 1. The number of carbonyl (C=O) groups is 2. The molecule has 0 aromatic heterocycles. The summed E-state index contributed by atoms with van der Waals surface area (Å²) >= 11 is 0. The van der Waals surface area contributed by atoms with Gasteiger partial charge in [-0.1, -0.05) is 18.2 Å². The van der Waals surface area contributed by atoms with Gasteiger partial charge >= 0.3 is 6.09 Å². The van der Waals surface area contributed by atoms with E-state index in [4.69, 9.17) is 4.74 Å². The molecule has 2 heterocycles. The molecule has 1 N–H and O–H groups in total. The molecule has 1 unspecified atom stereocenters. The molecule has 4 atom stereocenters. The van der Waals surface area contributed by atoms with E-state index >= 15 is 0 Å². The molecular formula is C26H31FN4O3. The van der Waals surface area contributed by atoms with E-state index in [0.29, 0.717) is 12.1 Å². The second-order valence-electron chi connectivity index (χ2n) is 10.3. The number of likely N-dealkylation sites (tertiary alicyclic amines) is 1. The second-order valence-corrected chi connectivity index (χ2v) is 10.3. The molecule has 2 aliphatic heterocycles. The lowest BCUT2D eigenvalue weighted by atomic mass is 9.96. The van der Waals surface area contributed by atoms with Crippen LogP contribution in [-0.4, -0.2) is 52.9 Å². The summed E-state index contributed by atoms with van der Waals surface area (Å²) in [6, 6.07) is 5.36. The van der Waals surface area contributed by atoms with Crippen molar-refractivity contribution in [3.05, 3.63) is 41.2 Å². The number of carbonyl (C=O) groups excluding carboxylic acids is 2. The predicted molar refractivity (Wildman–Crippen MR) is 127 cm³/mol. The van der Waals surface area contributed by atoms with Gasteiger partial charge in [-0.3, -0.25) is 14.7 Å². The van der Waals surface area contributed by atoms with Crippen molar-refractivity contribution < 1.29 is 18.7 Å². The van der Waals surface area contributed by atoms with Gasteiger partial charge in [0.25, 0.3) is 0 Å². The summed E-state index contributed by atoms with van der Waals surface area (Å²) in [5.74, 6) is -0.773. The Morgan fingerprint density at radius 1 is 1.35 bits per heavy atom. The zero-order valence-corrected chi connectivity index (χ0v) is 20.1. The minimum Gasteiger partial charge on any atom is -0.444 e. The maximum absolute atomic E-state index is 14.9. The van der Waals surface area contributed by atoms with Gasteiger partial charge in [0.05, 0.1) is 12.6 Å². The Kier molecular flexibility index (Phi) is 6.48. The van der Waals surface area contributed by atoms with Crippen LogP contribution in [-0.2, 0) is 16.0 Å². The lowest BCUT2D eigenvalue weighted by Gasteiger charge is -2.35. The van der Waals surface area contributed by atoms with Crippen LogP contribution in [0.25, 0.3) is 5.57 Å².